The molecule has 1 heterocycles. The molecule has 10 nitrogen and oxygen atoms in total. The largest absolute Gasteiger partial charge is 0.508 e. The van der Waals surface area contributed by atoms with Crippen LogP contribution in [0.1, 0.15) is 50.5 Å². The molecule has 2 N–H and O–H groups in total. The Balaban J connectivity index is 1.22. The predicted molar refractivity (Wildman–Crippen MR) is 185 cm³/mol. The lowest BCUT2D eigenvalue weighted by atomic mass is 10.0. The molecule has 252 valence electrons. The maximum absolute atomic E-state index is 13.5. The van der Waals surface area contributed by atoms with Gasteiger partial charge in [0.1, 0.15) is 12.4 Å². The molecule has 0 unspecified atom stereocenters. The normalized spacial score (nSPS) is 13.3. The molecule has 0 aliphatic carbocycles. The first-order valence-electron chi connectivity index (χ1n) is 16.6. The molecule has 47 heavy (non-hydrogen) atoms. The standard InChI is InChI=1S/C37H49N5O5/c1-39(2)29-36(45)40(28-30-18-20-32(43)21-19-30)24-11-4-10-23-38-35(44)22-27-47-37(46)42(41-25-12-5-13-26-41)34-17-9-8-16-33(34)31-14-6-3-7-15-31/h3,6-9,14-21,43H,4-5,10-13,22-29H2,1-2H3,(H,38,44). The Bertz CT molecular complexity index is 1410. The van der Waals surface area contributed by atoms with E-state index in [-0.39, 0.29) is 30.6 Å². The van der Waals surface area contributed by atoms with Gasteiger partial charge in [-0.05, 0) is 75.5 Å². The molecule has 10 heteroatoms. The third-order valence-corrected chi connectivity index (χ3v) is 8.10. The summed E-state index contributed by atoms with van der Waals surface area (Å²) >= 11 is 0. The van der Waals surface area contributed by atoms with Crippen molar-refractivity contribution in [2.45, 2.75) is 51.5 Å². The van der Waals surface area contributed by atoms with E-state index in [2.05, 4.69) is 5.32 Å². The Morgan fingerprint density at radius 2 is 1.55 bits per heavy atom. The Morgan fingerprint density at radius 1 is 0.851 bits per heavy atom. The van der Waals surface area contributed by atoms with Gasteiger partial charge in [0.05, 0.1) is 18.7 Å². The second-order valence-electron chi connectivity index (χ2n) is 12.2. The van der Waals surface area contributed by atoms with Crippen LogP contribution in [-0.2, 0) is 20.9 Å². The minimum Gasteiger partial charge on any atom is -0.508 e. The smallest absolute Gasteiger partial charge is 0.429 e. The molecule has 4 rings (SSSR count). The first kappa shape index (κ1) is 35.4. The fourth-order valence-electron chi connectivity index (χ4n) is 5.66. The second-order valence-corrected chi connectivity index (χ2v) is 12.2. The van der Waals surface area contributed by atoms with Gasteiger partial charge in [-0.15, -0.1) is 0 Å². The van der Waals surface area contributed by atoms with E-state index in [4.69, 9.17) is 4.74 Å². The van der Waals surface area contributed by atoms with Crippen molar-refractivity contribution in [3.63, 3.8) is 0 Å². The van der Waals surface area contributed by atoms with Crippen LogP contribution in [0.3, 0.4) is 0 Å². The third-order valence-electron chi connectivity index (χ3n) is 8.10. The van der Waals surface area contributed by atoms with Gasteiger partial charge in [-0.1, -0.05) is 67.1 Å². The highest BCUT2D eigenvalue weighted by Crippen LogP contribution is 2.33. The second kappa shape index (κ2) is 18.7. The van der Waals surface area contributed by atoms with Crippen LogP contribution in [0.4, 0.5) is 10.5 Å². The number of rotatable bonds is 16. The number of amides is 3. The fourth-order valence-corrected chi connectivity index (χ4v) is 5.66. The van der Waals surface area contributed by atoms with Crippen molar-refractivity contribution in [3.8, 4) is 16.9 Å². The lowest BCUT2D eigenvalue weighted by Crippen LogP contribution is -2.49. The van der Waals surface area contributed by atoms with Crippen molar-refractivity contribution in [2.75, 3.05) is 58.4 Å². The maximum atomic E-state index is 13.5. The van der Waals surface area contributed by atoms with Gasteiger partial charge < -0.3 is 25.0 Å². The summed E-state index contributed by atoms with van der Waals surface area (Å²) < 4.78 is 5.68. The highest BCUT2D eigenvalue weighted by molar-refractivity contribution is 5.93. The number of nitrogens with one attached hydrogen (secondary N) is 1. The summed E-state index contributed by atoms with van der Waals surface area (Å²) in [5.74, 6) is 0.0830. The molecule has 0 atom stereocenters. The van der Waals surface area contributed by atoms with Crippen molar-refractivity contribution in [3.05, 3.63) is 84.4 Å². The van der Waals surface area contributed by atoms with Crippen LogP contribution < -0.4 is 10.3 Å². The summed E-state index contributed by atoms with van der Waals surface area (Å²) in [5, 5.41) is 16.2. The number of hydrogen-bond acceptors (Lipinski definition) is 7. The number of hydrazine groups is 1. The quantitative estimate of drug-likeness (QED) is 0.194. The van der Waals surface area contributed by atoms with Crippen LogP contribution in [0.25, 0.3) is 11.1 Å². The van der Waals surface area contributed by atoms with Crippen LogP contribution in [0.2, 0.25) is 0 Å². The van der Waals surface area contributed by atoms with Crippen LogP contribution in [0, 0.1) is 0 Å². The lowest BCUT2D eigenvalue weighted by molar-refractivity contribution is -0.132. The van der Waals surface area contributed by atoms with Gasteiger partial charge in [-0.2, -0.15) is 0 Å². The molecule has 0 radical (unpaired) electrons. The number of carbonyl (C=O) groups excluding carboxylic acids is 3. The molecule has 1 aliphatic heterocycles. The number of nitrogens with zero attached hydrogens (tertiary/aromatic N) is 4. The van der Waals surface area contributed by atoms with E-state index < -0.39 is 6.09 Å². The molecule has 0 aromatic heterocycles. The number of ether oxygens (including phenoxy) is 1. The number of phenolic OH excluding ortho intramolecular Hbond substituents is 1. The molecular weight excluding hydrogens is 594 g/mol. The summed E-state index contributed by atoms with van der Waals surface area (Å²) in [6.07, 6.45) is 5.17. The monoisotopic (exact) mass is 643 g/mol. The number of benzene rings is 3. The van der Waals surface area contributed by atoms with Gasteiger partial charge in [0.2, 0.25) is 11.8 Å². The number of anilines is 1. The lowest BCUT2D eigenvalue weighted by Gasteiger charge is -2.37. The zero-order chi connectivity index (χ0) is 33.4. The van der Waals surface area contributed by atoms with Crippen molar-refractivity contribution in [2.24, 2.45) is 0 Å². The SMILES string of the molecule is CN(C)CC(=O)N(CCCCCNC(=O)CCOC(=O)N(c1ccccc1-c1ccccc1)N1CCCCC1)Cc1ccc(O)cc1. The first-order chi connectivity index (χ1) is 22.8. The Morgan fingerprint density at radius 3 is 2.28 bits per heavy atom. The summed E-state index contributed by atoms with van der Waals surface area (Å²) in [4.78, 5) is 42.6. The molecule has 3 aromatic carbocycles. The van der Waals surface area contributed by atoms with Crippen molar-refractivity contribution in [1.82, 2.24) is 20.1 Å². The Labute approximate surface area is 278 Å². The fraction of sp³-hybridized carbons (Fsp3) is 0.432. The number of likely N-dealkylation sites (N-methyl/N-ethyl adjacent to an activating group) is 1. The van der Waals surface area contributed by atoms with Crippen LogP contribution in [-0.4, -0.2) is 91.2 Å². The Hall–Kier alpha value is -4.41. The zero-order valence-electron chi connectivity index (χ0n) is 27.8. The molecule has 3 aromatic rings. The summed E-state index contributed by atoms with van der Waals surface area (Å²) in [5.41, 5.74) is 3.68. The molecule has 3 amide bonds. The molecule has 0 bridgehead atoms. The van der Waals surface area contributed by atoms with Gasteiger partial charge in [-0.3, -0.25) is 9.59 Å². The van der Waals surface area contributed by atoms with Gasteiger partial charge >= 0.3 is 6.09 Å². The van der Waals surface area contributed by atoms with Gasteiger partial charge in [0.25, 0.3) is 0 Å². The van der Waals surface area contributed by atoms with Crippen LogP contribution in [0.5, 0.6) is 5.75 Å². The number of para-hydroxylation sites is 1. The van der Waals surface area contributed by atoms with Crippen LogP contribution >= 0.6 is 0 Å². The van der Waals surface area contributed by atoms with E-state index in [1.165, 1.54) is 0 Å². The number of carbonyl (C=O) groups is 3. The van der Waals surface area contributed by atoms with Crippen molar-refractivity contribution in [1.29, 1.82) is 0 Å². The minimum atomic E-state index is -0.483. The average molecular weight is 644 g/mol. The first-order valence-corrected chi connectivity index (χ1v) is 16.6. The van der Waals surface area contributed by atoms with E-state index >= 15 is 0 Å². The van der Waals surface area contributed by atoms with E-state index in [1.54, 1.807) is 17.1 Å². The molecule has 0 saturated carbocycles. The average Bonchev–Trinajstić information content (AvgIpc) is 3.07. The number of hydrogen-bond donors (Lipinski definition) is 2. The zero-order valence-corrected chi connectivity index (χ0v) is 27.8. The third kappa shape index (κ3) is 11.4. The van der Waals surface area contributed by atoms with Crippen molar-refractivity contribution < 1.29 is 24.2 Å². The highest BCUT2D eigenvalue weighted by atomic mass is 16.6. The van der Waals surface area contributed by atoms with Gasteiger partial charge in [0, 0.05) is 38.3 Å². The minimum absolute atomic E-state index is 0.0112. The summed E-state index contributed by atoms with van der Waals surface area (Å²) in [6.45, 7) is 3.44. The van der Waals surface area contributed by atoms with E-state index in [0.717, 1.165) is 74.0 Å². The number of unbranched alkanes of at least 4 members (excludes halogenated alkanes) is 2. The molecule has 0 spiro atoms. The topological polar surface area (TPSA) is 106 Å². The molecular formula is C37H49N5O5. The summed E-state index contributed by atoms with van der Waals surface area (Å²) in [6, 6.07) is 24.7. The number of phenols is 1. The molecule has 1 fully saturated rings. The Kier molecular flexibility index (Phi) is 14.1. The van der Waals surface area contributed by atoms with Crippen molar-refractivity contribution >= 4 is 23.6 Å². The summed E-state index contributed by atoms with van der Waals surface area (Å²) in [7, 11) is 3.74. The number of piperidine rings is 1. The van der Waals surface area contributed by atoms with E-state index in [1.807, 2.05) is 95.6 Å². The molecule has 1 saturated heterocycles. The highest BCUT2D eigenvalue weighted by Gasteiger charge is 2.28. The maximum Gasteiger partial charge on any atom is 0.429 e. The van der Waals surface area contributed by atoms with Gasteiger partial charge in [-0.25, -0.2) is 14.8 Å². The van der Waals surface area contributed by atoms with E-state index in [9.17, 15) is 19.5 Å². The van der Waals surface area contributed by atoms with E-state index in [0.29, 0.717) is 26.2 Å². The predicted octanol–water partition coefficient (Wildman–Crippen LogP) is 5.67. The van der Waals surface area contributed by atoms with Crippen LogP contribution in [0.15, 0.2) is 78.9 Å². The molecule has 1 aliphatic rings. The number of aromatic hydroxyl groups is 1. The van der Waals surface area contributed by atoms with Gasteiger partial charge in [0.15, 0.2) is 0 Å².